The first-order valence-electron chi connectivity index (χ1n) is 4.51. The molecule has 0 spiro atoms. The van der Waals surface area contributed by atoms with Gasteiger partial charge in [0.1, 0.15) is 6.61 Å². The van der Waals surface area contributed by atoms with Crippen LogP contribution in [0.2, 0.25) is 0 Å². The number of carbonyl (C=O) groups is 2. The van der Waals surface area contributed by atoms with Crippen molar-refractivity contribution >= 4 is 12.1 Å². The van der Waals surface area contributed by atoms with E-state index in [0.29, 0.717) is 0 Å². The molecule has 0 fully saturated rings. The Morgan fingerprint density at radius 2 is 2.06 bits per heavy atom. The molecule has 0 bridgehead atoms. The molecule has 5 heteroatoms. The summed E-state index contributed by atoms with van der Waals surface area (Å²) in [4.78, 5) is 22.4. The van der Waals surface area contributed by atoms with Crippen molar-refractivity contribution in [3.63, 3.8) is 0 Å². The molecular weight excluding hydrogens is 212 g/mol. The molecule has 5 nitrogen and oxygen atoms in total. The Balaban J connectivity index is 4.22. The zero-order chi connectivity index (χ0) is 12.6. The second kappa shape index (κ2) is 6.51. The molecule has 88 valence electrons. The summed E-state index contributed by atoms with van der Waals surface area (Å²) in [7, 11) is 0. The minimum absolute atomic E-state index is 0.0467. The Bertz CT molecular complexity index is 311. The number of hydrogen-bond donors (Lipinski definition) is 0. The van der Waals surface area contributed by atoms with Crippen LogP contribution in [0.1, 0.15) is 13.8 Å². The van der Waals surface area contributed by atoms with E-state index in [1.165, 1.54) is 19.9 Å². The lowest BCUT2D eigenvalue weighted by molar-refractivity contribution is -0.162. The van der Waals surface area contributed by atoms with Gasteiger partial charge in [-0.15, -0.1) is 6.42 Å². The molecule has 0 aromatic heterocycles. The van der Waals surface area contributed by atoms with Gasteiger partial charge < -0.3 is 14.2 Å². The molecule has 0 radical (unpaired) electrons. The highest BCUT2D eigenvalue weighted by atomic mass is 16.7. The van der Waals surface area contributed by atoms with Crippen LogP contribution in [0.5, 0.6) is 0 Å². The van der Waals surface area contributed by atoms with Crippen LogP contribution >= 0.6 is 0 Å². The zero-order valence-electron chi connectivity index (χ0n) is 9.32. The molecule has 0 saturated carbocycles. The Morgan fingerprint density at radius 3 is 2.56 bits per heavy atom. The highest BCUT2D eigenvalue weighted by Gasteiger charge is 2.34. The van der Waals surface area contributed by atoms with Gasteiger partial charge in [-0.2, -0.15) is 0 Å². The average Bonchev–Trinajstić information content (AvgIpc) is 2.22. The van der Waals surface area contributed by atoms with Crippen molar-refractivity contribution in [2.45, 2.75) is 19.4 Å². The molecule has 0 aliphatic rings. The summed E-state index contributed by atoms with van der Waals surface area (Å²) < 4.78 is 13.9. The van der Waals surface area contributed by atoms with Crippen molar-refractivity contribution in [3.8, 4) is 12.3 Å². The van der Waals surface area contributed by atoms with E-state index in [2.05, 4.69) is 17.2 Å². The Morgan fingerprint density at radius 1 is 1.44 bits per heavy atom. The highest BCUT2D eigenvalue weighted by molar-refractivity contribution is 5.81. The van der Waals surface area contributed by atoms with Crippen molar-refractivity contribution < 1.29 is 23.8 Å². The van der Waals surface area contributed by atoms with Crippen LogP contribution < -0.4 is 0 Å². The molecule has 0 aromatic rings. The maximum atomic E-state index is 11.4. The highest BCUT2D eigenvalue weighted by Crippen LogP contribution is 2.12. The van der Waals surface area contributed by atoms with E-state index < -0.39 is 17.7 Å². The summed E-state index contributed by atoms with van der Waals surface area (Å²) in [6.07, 6.45) is 5.27. The molecule has 0 saturated heterocycles. The van der Waals surface area contributed by atoms with Crippen molar-refractivity contribution in [1.82, 2.24) is 0 Å². The van der Waals surface area contributed by atoms with Gasteiger partial charge in [0.2, 0.25) is 5.60 Å². The van der Waals surface area contributed by atoms with Gasteiger partial charge in [-0.05, 0) is 13.8 Å². The van der Waals surface area contributed by atoms with Crippen molar-refractivity contribution in [1.29, 1.82) is 0 Å². The van der Waals surface area contributed by atoms with Crippen LogP contribution in [0, 0.1) is 12.3 Å². The molecule has 0 aromatic carbocycles. The van der Waals surface area contributed by atoms with Gasteiger partial charge in [-0.3, -0.25) is 0 Å². The molecule has 0 atom stereocenters. The number of carbonyl (C=O) groups excluding carboxylic acids is 2. The minimum Gasteiger partial charge on any atom is -0.459 e. The second-order valence-corrected chi connectivity index (χ2v) is 3.24. The Hall–Kier alpha value is -1.96. The summed E-state index contributed by atoms with van der Waals surface area (Å²) >= 11 is 0. The summed E-state index contributed by atoms with van der Waals surface area (Å²) in [5.41, 5.74) is -1.42. The fourth-order valence-corrected chi connectivity index (χ4v) is 0.688. The summed E-state index contributed by atoms with van der Waals surface area (Å²) in [5.74, 6) is 1.41. The number of esters is 1. The lowest BCUT2D eigenvalue weighted by atomic mass is 10.1. The molecule has 0 rings (SSSR count). The first-order valence-corrected chi connectivity index (χ1v) is 4.51. The van der Waals surface area contributed by atoms with E-state index in [1.54, 1.807) is 0 Å². The van der Waals surface area contributed by atoms with Crippen LogP contribution in [-0.4, -0.2) is 30.9 Å². The Kier molecular flexibility index (Phi) is 5.71. The topological polar surface area (TPSA) is 61.8 Å². The van der Waals surface area contributed by atoms with E-state index in [9.17, 15) is 9.59 Å². The fourth-order valence-electron chi connectivity index (χ4n) is 0.688. The van der Waals surface area contributed by atoms with E-state index in [0.717, 1.165) is 0 Å². The molecule has 0 aliphatic heterocycles. The predicted molar refractivity (Wildman–Crippen MR) is 56.5 cm³/mol. The first kappa shape index (κ1) is 14.0. The Labute approximate surface area is 94.4 Å². The van der Waals surface area contributed by atoms with Crippen LogP contribution in [0.3, 0.4) is 0 Å². The monoisotopic (exact) mass is 226 g/mol. The standard InChI is InChI=1S/C11H14O5/c1-5-7-14-9(12)11(3,4)16-10(13)15-8-6-2/h2,5H,1,7-8H2,3-4H3. The first-order chi connectivity index (χ1) is 7.44. The summed E-state index contributed by atoms with van der Waals surface area (Å²) in [5, 5.41) is 0. The molecule has 0 unspecified atom stereocenters. The number of rotatable bonds is 5. The molecule has 0 aliphatic carbocycles. The van der Waals surface area contributed by atoms with Gasteiger partial charge in [-0.1, -0.05) is 18.6 Å². The van der Waals surface area contributed by atoms with Crippen LogP contribution in [0.25, 0.3) is 0 Å². The molecule has 0 N–H and O–H groups in total. The second-order valence-electron chi connectivity index (χ2n) is 3.24. The maximum absolute atomic E-state index is 11.4. The quantitative estimate of drug-likeness (QED) is 0.401. The van der Waals surface area contributed by atoms with Gasteiger partial charge in [-0.25, -0.2) is 9.59 Å². The fraction of sp³-hybridized carbons (Fsp3) is 0.455. The normalized spacial score (nSPS) is 9.81. The van der Waals surface area contributed by atoms with E-state index in [4.69, 9.17) is 15.9 Å². The van der Waals surface area contributed by atoms with E-state index in [1.807, 2.05) is 0 Å². The van der Waals surface area contributed by atoms with E-state index in [-0.39, 0.29) is 13.2 Å². The molecule has 16 heavy (non-hydrogen) atoms. The van der Waals surface area contributed by atoms with E-state index >= 15 is 0 Å². The van der Waals surface area contributed by atoms with Gasteiger partial charge in [0, 0.05) is 0 Å². The maximum Gasteiger partial charge on any atom is 0.510 e. The smallest absolute Gasteiger partial charge is 0.459 e. The molecular formula is C11H14O5. The summed E-state index contributed by atoms with van der Waals surface area (Å²) in [6.45, 7) is 5.99. The number of hydrogen-bond acceptors (Lipinski definition) is 5. The van der Waals surface area contributed by atoms with Gasteiger partial charge in [0.05, 0.1) is 0 Å². The third kappa shape index (κ3) is 5.05. The third-order valence-corrected chi connectivity index (χ3v) is 1.44. The van der Waals surface area contributed by atoms with Crippen LogP contribution in [0.15, 0.2) is 12.7 Å². The number of ether oxygens (including phenoxy) is 3. The van der Waals surface area contributed by atoms with Crippen molar-refractivity contribution in [2.75, 3.05) is 13.2 Å². The van der Waals surface area contributed by atoms with Gasteiger partial charge in [0.25, 0.3) is 0 Å². The average molecular weight is 226 g/mol. The zero-order valence-corrected chi connectivity index (χ0v) is 9.32. The molecule has 0 amide bonds. The van der Waals surface area contributed by atoms with Crippen molar-refractivity contribution in [2.24, 2.45) is 0 Å². The van der Waals surface area contributed by atoms with Crippen LogP contribution in [-0.2, 0) is 19.0 Å². The van der Waals surface area contributed by atoms with Crippen molar-refractivity contribution in [3.05, 3.63) is 12.7 Å². The number of terminal acetylenes is 1. The third-order valence-electron chi connectivity index (χ3n) is 1.44. The van der Waals surface area contributed by atoms with Gasteiger partial charge in [0.15, 0.2) is 6.61 Å². The van der Waals surface area contributed by atoms with Gasteiger partial charge >= 0.3 is 12.1 Å². The SMILES string of the molecule is C#CCOC(=O)OC(C)(C)C(=O)OCC=C. The summed E-state index contributed by atoms with van der Waals surface area (Å²) in [6, 6.07) is 0. The lowest BCUT2D eigenvalue weighted by Gasteiger charge is -2.21. The molecule has 0 heterocycles. The van der Waals surface area contributed by atoms with Crippen LogP contribution in [0.4, 0.5) is 4.79 Å². The minimum atomic E-state index is -1.42. The predicted octanol–water partition coefficient (Wildman–Crippen LogP) is 1.28. The largest absolute Gasteiger partial charge is 0.510 e. The lowest BCUT2D eigenvalue weighted by Crippen LogP contribution is -2.39.